The second-order valence-electron chi connectivity index (χ2n) is 4.88. The van der Waals surface area contributed by atoms with Gasteiger partial charge < -0.3 is 10.0 Å². The Bertz CT molecular complexity index is 509. The van der Waals surface area contributed by atoms with Crippen molar-refractivity contribution in [3.8, 4) is 0 Å². The van der Waals surface area contributed by atoms with Crippen molar-refractivity contribution in [2.75, 3.05) is 6.54 Å². The van der Waals surface area contributed by atoms with Gasteiger partial charge in [-0.1, -0.05) is 12.1 Å². The molecule has 116 valence electrons. The lowest BCUT2D eigenvalue weighted by Gasteiger charge is -2.25. The van der Waals surface area contributed by atoms with Crippen molar-refractivity contribution in [2.45, 2.75) is 32.5 Å². The average Bonchev–Trinajstić information content (AvgIpc) is 2.34. The molecule has 0 atom stereocenters. The number of alkyl halides is 3. The van der Waals surface area contributed by atoms with Crippen molar-refractivity contribution in [1.82, 2.24) is 4.90 Å². The Morgan fingerprint density at radius 2 is 1.71 bits per heavy atom. The van der Waals surface area contributed by atoms with Gasteiger partial charge in [0.05, 0.1) is 12.0 Å². The number of amides is 1. The van der Waals surface area contributed by atoms with Crippen molar-refractivity contribution in [2.24, 2.45) is 0 Å². The van der Waals surface area contributed by atoms with Crippen LogP contribution in [0.2, 0.25) is 0 Å². The van der Waals surface area contributed by atoms with Gasteiger partial charge in [-0.3, -0.25) is 9.59 Å². The molecule has 1 N–H and O–H groups in total. The fourth-order valence-electron chi connectivity index (χ4n) is 1.79. The van der Waals surface area contributed by atoms with Crippen LogP contribution in [0.4, 0.5) is 13.2 Å². The normalized spacial score (nSPS) is 11.5. The molecule has 0 aliphatic heterocycles. The van der Waals surface area contributed by atoms with Gasteiger partial charge in [-0.05, 0) is 31.5 Å². The Labute approximate surface area is 120 Å². The van der Waals surface area contributed by atoms with E-state index in [1.165, 1.54) is 17.0 Å². The lowest BCUT2D eigenvalue weighted by molar-refractivity contribution is -0.145. The molecule has 0 heterocycles. The third-order valence-corrected chi connectivity index (χ3v) is 2.89. The molecule has 0 aliphatic rings. The van der Waals surface area contributed by atoms with Crippen LogP contribution in [0.3, 0.4) is 0 Å². The summed E-state index contributed by atoms with van der Waals surface area (Å²) < 4.78 is 37.3. The van der Waals surface area contributed by atoms with Gasteiger partial charge in [-0.25, -0.2) is 0 Å². The largest absolute Gasteiger partial charge is 0.480 e. The van der Waals surface area contributed by atoms with Crippen LogP contribution >= 0.6 is 0 Å². The molecule has 0 fully saturated rings. The van der Waals surface area contributed by atoms with Crippen molar-refractivity contribution in [3.63, 3.8) is 0 Å². The predicted octanol–water partition coefficient (Wildman–Crippen LogP) is 2.57. The zero-order valence-corrected chi connectivity index (χ0v) is 11.6. The number of benzene rings is 1. The van der Waals surface area contributed by atoms with Crippen LogP contribution in [0.25, 0.3) is 0 Å². The Morgan fingerprint density at radius 3 is 2.10 bits per heavy atom. The van der Waals surface area contributed by atoms with Crippen molar-refractivity contribution in [3.05, 3.63) is 35.4 Å². The van der Waals surface area contributed by atoms with E-state index in [-0.39, 0.29) is 12.5 Å². The van der Waals surface area contributed by atoms with Gasteiger partial charge >= 0.3 is 12.1 Å². The molecule has 1 aromatic rings. The van der Waals surface area contributed by atoms with Gasteiger partial charge in [0.15, 0.2) is 0 Å². The van der Waals surface area contributed by atoms with Crippen molar-refractivity contribution >= 4 is 11.9 Å². The van der Waals surface area contributed by atoms with E-state index in [1.807, 2.05) is 0 Å². The maximum Gasteiger partial charge on any atom is 0.416 e. The maximum atomic E-state index is 12.4. The maximum absolute atomic E-state index is 12.4. The predicted molar refractivity (Wildman–Crippen MR) is 69.6 cm³/mol. The fourth-order valence-corrected chi connectivity index (χ4v) is 1.79. The minimum atomic E-state index is -4.42. The van der Waals surface area contributed by atoms with Gasteiger partial charge in [0.1, 0.15) is 6.54 Å². The van der Waals surface area contributed by atoms with Crippen molar-refractivity contribution in [1.29, 1.82) is 0 Å². The Kier molecular flexibility index (Phi) is 5.34. The van der Waals surface area contributed by atoms with E-state index in [1.54, 1.807) is 13.8 Å². The molecule has 0 unspecified atom stereocenters. The molecule has 0 aliphatic carbocycles. The monoisotopic (exact) mass is 303 g/mol. The summed E-state index contributed by atoms with van der Waals surface area (Å²) >= 11 is 0. The van der Waals surface area contributed by atoms with Crippen LogP contribution in [-0.4, -0.2) is 34.5 Å². The Morgan fingerprint density at radius 1 is 1.19 bits per heavy atom. The molecule has 0 saturated heterocycles. The molecule has 4 nitrogen and oxygen atoms in total. The van der Waals surface area contributed by atoms with E-state index < -0.39 is 30.2 Å². The number of halogens is 3. The molecule has 7 heteroatoms. The number of hydrogen-bond acceptors (Lipinski definition) is 2. The lowest BCUT2D eigenvalue weighted by atomic mass is 10.1. The number of hydrogen-bond donors (Lipinski definition) is 1. The van der Waals surface area contributed by atoms with E-state index in [2.05, 4.69) is 0 Å². The number of rotatable bonds is 5. The van der Waals surface area contributed by atoms with E-state index in [0.29, 0.717) is 5.56 Å². The topological polar surface area (TPSA) is 57.6 Å². The molecule has 21 heavy (non-hydrogen) atoms. The number of aliphatic carboxylic acids is 1. The molecule has 1 rings (SSSR count). The van der Waals surface area contributed by atoms with Gasteiger partial charge in [0, 0.05) is 6.04 Å². The zero-order valence-electron chi connectivity index (χ0n) is 11.6. The smallest absolute Gasteiger partial charge is 0.416 e. The summed E-state index contributed by atoms with van der Waals surface area (Å²) in [5, 5.41) is 8.75. The molecular formula is C14H16F3NO3. The van der Waals surface area contributed by atoms with Gasteiger partial charge in [-0.2, -0.15) is 13.2 Å². The molecule has 0 bridgehead atoms. The number of carbonyl (C=O) groups excluding carboxylic acids is 1. The highest BCUT2D eigenvalue weighted by Gasteiger charge is 2.30. The van der Waals surface area contributed by atoms with E-state index in [9.17, 15) is 22.8 Å². The SMILES string of the molecule is CC(C)N(CC(=O)O)C(=O)Cc1ccc(C(F)(F)F)cc1. The van der Waals surface area contributed by atoms with Crippen LogP contribution in [0.15, 0.2) is 24.3 Å². The van der Waals surface area contributed by atoms with E-state index in [4.69, 9.17) is 5.11 Å². The summed E-state index contributed by atoms with van der Waals surface area (Å²) in [4.78, 5) is 23.9. The fraction of sp³-hybridized carbons (Fsp3) is 0.429. The summed E-state index contributed by atoms with van der Waals surface area (Å²) in [6.07, 6.45) is -4.56. The lowest BCUT2D eigenvalue weighted by Crippen LogP contribution is -2.41. The average molecular weight is 303 g/mol. The molecular weight excluding hydrogens is 287 g/mol. The van der Waals surface area contributed by atoms with Gasteiger partial charge in [0.25, 0.3) is 0 Å². The summed E-state index contributed by atoms with van der Waals surface area (Å²) in [5.74, 6) is -1.57. The van der Waals surface area contributed by atoms with Crippen LogP contribution in [-0.2, 0) is 22.2 Å². The third-order valence-electron chi connectivity index (χ3n) is 2.89. The standard InChI is InChI=1S/C14H16F3NO3/c1-9(2)18(8-13(20)21)12(19)7-10-3-5-11(6-4-10)14(15,16)17/h3-6,9H,7-8H2,1-2H3,(H,20,21). The molecule has 1 amide bonds. The van der Waals surface area contributed by atoms with Crippen molar-refractivity contribution < 1.29 is 27.9 Å². The highest BCUT2D eigenvalue weighted by molar-refractivity contribution is 5.83. The van der Waals surface area contributed by atoms with Crippen LogP contribution in [0.5, 0.6) is 0 Å². The highest BCUT2D eigenvalue weighted by atomic mass is 19.4. The minimum Gasteiger partial charge on any atom is -0.480 e. The van der Waals surface area contributed by atoms with Crippen LogP contribution in [0.1, 0.15) is 25.0 Å². The quantitative estimate of drug-likeness (QED) is 0.909. The highest BCUT2D eigenvalue weighted by Crippen LogP contribution is 2.29. The molecule has 0 radical (unpaired) electrons. The molecule has 0 spiro atoms. The summed E-state index contributed by atoms with van der Waals surface area (Å²) in [6.45, 7) is 2.91. The molecule has 1 aromatic carbocycles. The Balaban J connectivity index is 2.79. The van der Waals surface area contributed by atoms with Crippen LogP contribution < -0.4 is 0 Å². The third kappa shape index (κ3) is 5.09. The second kappa shape index (κ2) is 6.60. The summed E-state index contributed by atoms with van der Waals surface area (Å²) in [5.41, 5.74) is -0.381. The second-order valence-corrected chi connectivity index (χ2v) is 4.88. The first-order valence-corrected chi connectivity index (χ1v) is 6.28. The van der Waals surface area contributed by atoms with Gasteiger partial charge in [-0.15, -0.1) is 0 Å². The molecule has 0 aromatic heterocycles. The summed E-state index contributed by atoms with van der Waals surface area (Å²) in [7, 11) is 0. The van der Waals surface area contributed by atoms with E-state index >= 15 is 0 Å². The van der Waals surface area contributed by atoms with Gasteiger partial charge in [0.2, 0.25) is 5.91 Å². The Hall–Kier alpha value is -2.05. The first-order valence-electron chi connectivity index (χ1n) is 6.28. The number of carboxylic acids is 1. The van der Waals surface area contributed by atoms with E-state index in [0.717, 1.165) is 12.1 Å². The van der Waals surface area contributed by atoms with Crippen LogP contribution in [0, 0.1) is 0 Å². The molecule has 0 saturated carbocycles. The number of nitrogens with zero attached hydrogens (tertiary/aromatic N) is 1. The minimum absolute atomic E-state index is 0.135. The zero-order chi connectivity index (χ0) is 16.2. The first kappa shape index (κ1) is 17.0. The summed E-state index contributed by atoms with van der Waals surface area (Å²) in [6, 6.07) is 3.95. The first-order chi connectivity index (χ1) is 9.61. The number of carbonyl (C=O) groups is 2. The number of carboxylic acid groups (broad SMARTS) is 1.